The van der Waals surface area contributed by atoms with Crippen molar-refractivity contribution in [1.29, 1.82) is 0 Å². The molecule has 1 N–H and O–H groups in total. The maximum atomic E-state index is 11.0. The van der Waals surface area contributed by atoms with Crippen LogP contribution in [0.15, 0.2) is 0 Å². The minimum absolute atomic E-state index is 0.272. The van der Waals surface area contributed by atoms with Crippen molar-refractivity contribution in [3.05, 3.63) is 0 Å². The van der Waals surface area contributed by atoms with Gasteiger partial charge in [-0.15, -0.1) is 0 Å². The van der Waals surface area contributed by atoms with Crippen LogP contribution in [0.4, 0.5) is 0 Å². The van der Waals surface area contributed by atoms with E-state index in [1.54, 1.807) is 0 Å². The number of hydrogen-bond donors (Lipinski definition) is 1. The van der Waals surface area contributed by atoms with Crippen molar-refractivity contribution in [3.8, 4) is 0 Å². The Morgan fingerprint density at radius 1 is 1.70 bits per heavy atom. The van der Waals surface area contributed by atoms with Crippen LogP contribution in [0.5, 0.6) is 0 Å². The fourth-order valence-corrected chi connectivity index (χ4v) is 1.37. The predicted octanol–water partition coefficient (Wildman–Crippen LogP) is 1.31. The van der Waals surface area contributed by atoms with E-state index in [-0.39, 0.29) is 5.91 Å². The normalized spacial score (nSPS) is 24.9. The van der Waals surface area contributed by atoms with Gasteiger partial charge in [0.25, 0.3) is 0 Å². The zero-order chi connectivity index (χ0) is 7.40. The highest BCUT2D eigenvalue weighted by Gasteiger charge is 2.22. The maximum Gasteiger partial charge on any atom is 0.223 e. The molecule has 1 rings (SSSR count). The molecule has 1 fully saturated rings. The van der Waals surface area contributed by atoms with Crippen molar-refractivity contribution in [2.24, 2.45) is 5.92 Å². The minimum Gasteiger partial charge on any atom is -0.356 e. The van der Waals surface area contributed by atoms with Gasteiger partial charge in [-0.25, -0.2) is 0 Å². The maximum absolute atomic E-state index is 11.0. The standard InChI is InChI=1S/C8H15NO/c1-2-3-4-7-5-6-9-8(7)10/h7H,2-6H2,1H3,(H,9,10)/t7-/m1/s1. The van der Waals surface area contributed by atoms with E-state index in [0.29, 0.717) is 5.92 Å². The lowest BCUT2D eigenvalue weighted by Crippen LogP contribution is -2.18. The smallest absolute Gasteiger partial charge is 0.223 e. The summed E-state index contributed by atoms with van der Waals surface area (Å²) >= 11 is 0. The van der Waals surface area contributed by atoms with Crippen molar-refractivity contribution in [2.75, 3.05) is 6.54 Å². The molecule has 0 aromatic carbocycles. The summed E-state index contributed by atoms with van der Waals surface area (Å²) in [6.07, 6.45) is 4.53. The summed E-state index contributed by atoms with van der Waals surface area (Å²) in [5.41, 5.74) is 0. The molecule has 58 valence electrons. The molecule has 0 spiro atoms. The molecule has 0 saturated carbocycles. The second-order valence-electron chi connectivity index (χ2n) is 2.92. The molecule has 0 aromatic rings. The molecule has 0 aliphatic carbocycles. The fraction of sp³-hybridized carbons (Fsp3) is 0.875. The summed E-state index contributed by atoms with van der Waals surface area (Å²) in [6.45, 7) is 3.06. The van der Waals surface area contributed by atoms with Crippen LogP contribution in [-0.2, 0) is 4.79 Å². The van der Waals surface area contributed by atoms with Crippen molar-refractivity contribution in [2.45, 2.75) is 32.6 Å². The number of nitrogens with one attached hydrogen (secondary N) is 1. The zero-order valence-electron chi connectivity index (χ0n) is 6.52. The second-order valence-corrected chi connectivity index (χ2v) is 2.92. The third kappa shape index (κ3) is 1.72. The van der Waals surface area contributed by atoms with Crippen LogP contribution in [-0.4, -0.2) is 12.5 Å². The van der Waals surface area contributed by atoms with Gasteiger partial charge in [0.15, 0.2) is 0 Å². The number of hydrogen-bond acceptors (Lipinski definition) is 1. The molecular formula is C8H15NO. The number of amides is 1. The third-order valence-corrected chi connectivity index (χ3v) is 2.07. The minimum atomic E-state index is 0.272. The lowest BCUT2D eigenvalue weighted by atomic mass is 10.0. The molecule has 1 aliphatic rings. The van der Waals surface area contributed by atoms with Gasteiger partial charge in [0.1, 0.15) is 0 Å². The summed E-state index contributed by atoms with van der Waals surface area (Å²) < 4.78 is 0. The van der Waals surface area contributed by atoms with Gasteiger partial charge in [-0.2, -0.15) is 0 Å². The Hall–Kier alpha value is -0.530. The molecule has 0 aromatic heterocycles. The molecule has 1 aliphatic heterocycles. The Balaban J connectivity index is 2.20. The van der Waals surface area contributed by atoms with Crippen molar-refractivity contribution < 1.29 is 4.79 Å². The fourth-order valence-electron chi connectivity index (χ4n) is 1.37. The SMILES string of the molecule is CCCC[C@@H]1CCNC1=O. The van der Waals surface area contributed by atoms with E-state index in [1.165, 1.54) is 12.8 Å². The van der Waals surface area contributed by atoms with Crippen molar-refractivity contribution in [1.82, 2.24) is 5.32 Å². The van der Waals surface area contributed by atoms with Crippen LogP contribution in [0.1, 0.15) is 32.6 Å². The van der Waals surface area contributed by atoms with Gasteiger partial charge in [0.2, 0.25) is 5.91 Å². The topological polar surface area (TPSA) is 29.1 Å². The lowest BCUT2D eigenvalue weighted by molar-refractivity contribution is -0.122. The Labute approximate surface area is 62.0 Å². The molecule has 0 unspecified atom stereocenters. The third-order valence-electron chi connectivity index (χ3n) is 2.07. The van der Waals surface area contributed by atoms with Crippen LogP contribution < -0.4 is 5.32 Å². The summed E-state index contributed by atoms with van der Waals surface area (Å²) in [6, 6.07) is 0. The summed E-state index contributed by atoms with van der Waals surface area (Å²) in [7, 11) is 0. The van der Waals surface area contributed by atoms with Crippen molar-refractivity contribution in [3.63, 3.8) is 0 Å². The van der Waals surface area contributed by atoms with Crippen LogP contribution in [0, 0.1) is 5.92 Å². The molecule has 1 atom stereocenters. The summed E-state index contributed by atoms with van der Waals surface area (Å²) in [5, 5.41) is 2.84. The van der Waals surface area contributed by atoms with Crippen molar-refractivity contribution >= 4 is 5.91 Å². The molecule has 1 saturated heterocycles. The summed E-state index contributed by atoms with van der Waals surface area (Å²) in [4.78, 5) is 11.0. The average Bonchev–Trinajstić information content (AvgIpc) is 2.31. The molecular weight excluding hydrogens is 126 g/mol. The van der Waals surface area contributed by atoms with Gasteiger partial charge < -0.3 is 5.32 Å². The lowest BCUT2D eigenvalue weighted by Gasteiger charge is -2.02. The molecule has 1 heterocycles. The molecule has 2 heteroatoms. The first kappa shape index (κ1) is 7.58. The monoisotopic (exact) mass is 141 g/mol. The number of rotatable bonds is 3. The van der Waals surface area contributed by atoms with Crippen LogP contribution in [0.3, 0.4) is 0 Å². The predicted molar refractivity (Wildman–Crippen MR) is 40.6 cm³/mol. The molecule has 0 bridgehead atoms. The molecule has 0 radical (unpaired) electrons. The largest absolute Gasteiger partial charge is 0.356 e. The first-order chi connectivity index (χ1) is 4.84. The Morgan fingerprint density at radius 3 is 3.00 bits per heavy atom. The van der Waals surface area contributed by atoms with Gasteiger partial charge in [-0.05, 0) is 12.8 Å². The highest BCUT2D eigenvalue weighted by atomic mass is 16.2. The van der Waals surface area contributed by atoms with E-state index in [9.17, 15) is 4.79 Å². The summed E-state index contributed by atoms with van der Waals surface area (Å²) in [5.74, 6) is 0.605. The Kier molecular flexibility index (Phi) is 2.72. The number of carbonyl (C=O) groups excluding carboxylic acids is 1. The highest BCUT2D eigenvalue weighted by Crippen LogP contribution is 2.16. The van der Waals surface area contributed by atoms with E-state index >= 15 is 0 Å². The first-order valence-corrected chi connectivity index (χ1v) is 4.12. The highest BCUT2D eigenvalue weighted by molar-refractivity contribution is 5.80. The number of unbranched alkanes of at least 4 members (excludes halogenated alkanes) is 1. The average molecular weight is 141 g/mol. The van der Waals surface area contributed by atoms with Gasteiger partial charge in [-0.1, -0.05) is 19.8 Å². The quantitative estimate of drug-likeness (QED) is 0.631. The first-order valence-electron chi connectivity index (χ1n) is 4.12. The van der Waals surface area contributed by atoms with Gasteiger partial charge in [0.05, 0.1) is 0 Å². The number of carbonyl (C=O) groups is 1. The van der Waals surface area contributed by atoms with E-state index in [2.05, 4.69) is 12.2 Å². The van der Waals surface area contributed by atoms with E-state index in [1.807, 2.05) is 0 Å². The van der Waals surface area contributed by atoms with Crippen LogP contribution >= 0.6 is 0 Å². The van der Waals surface area contributed by atoms with Crippen LogP contribution in [0.2, 0.25) is 0 Å². The molecule has 1 amide bonds. The van der Waals surface area contributed by atoms with E-state index < -0.39 is 0 Å². The molecule has 2 nitrogen and oxygen atoms in total. The Bertz CT molecular complexity index is 122. The molecule has 10 heavy (non-hydrogen) atoms. The van der Waals surface area contributed by atoms with Gasteiger partial charge >= 0.3 is 0 Å². The van der Waals surface area contributed by atoms with Gasteiger partial charge in [-0.3, -0.25) is 4.79 Å². The van der Waals surface area contributed by atoms with E-state index in [4.69, 9.17) is 0 Å². The van der Waals surface area contributed by atoms with Crippen LogP contribution in [0.25, 0.3) is 0 Å². The van der Waals surface area contributed by atoms with Gasteiger partial charge in [0, 0.05) is 12.5 Å². The second kappa shape index (κ2) is 3.59. The van der Waals surface area contributed by atoms with E-state index in [0.717, 1.165) is 19.4 Å². The zero-order valence-corrected chi connectivity index (χ0v) is 6.52. The Morgan fingerprint density at radius 2 is 2.50 bits per heavy atom.